The van der Waals surface area contributed by atoms with Crippen LogP contribution in [0.15, 0.2) is 49.2 Å². The second-order valence-corrected chi connectivity index (χ2v) is 6.56. The Morgan fingerprint density at radius 3 is 2.79 bits per heavy atom. The maximum absolute atomic E-state index is 15.1. The molecule has 3 aliphatic rings. The number of aromatic nitrogens is 1. The van der Waals surface area contributed by atoms with Crippen LogP contribution in [0, 0.1) is 11.8 Å². The van der Waals surface area contributed by atoms with Crippen molar-refractivity contribution in [3.05, 3.63) is 54.7 Å². The van der Waals surface area contributed by atoms with Gasteiger partial charge in [-0.15, -0.1) is 31.4 Å². The zero-order valence-corrected chi connectivity index (χ0v) is 15.1. The minimum absolute atomic E-state index is 0. The van der Waals surface area contributed by atoms with Crippen LogP contribution in [0.5, 0.6) is 0 Å². The van der Waals surface area contributed by atoms with Crippen LogP contribution >= 0.6 is 24.8 Å². The van der Waals surface area contributed by atoms with Crippen LogP contribution in [0.1, 0.15) is 24.4 Å². The molecule has 5 rings (SSSR count). The summed E-state index contributed by atoms with van der Waals surface area (Å²) in [6, 6.07) is 9.91. The van der Waals surface area contributed by atoms with E-state index in [1.165, 1.54) is 0 Å². The van der Waals surface area contributed by atoms with Crippen molar-refractivity contribution in [2.75, 3.05) is 13.1 Å². The summed E-state index contributed by atoms with van der Waals surface area (Å²) in [5.74, 6) is 0.868. The molecule has 0 amide bonds. The molecule has 5 atom stereocenters. The van der Waals surface area contributed by atoms with Crippen molar-refractivity contribution in [1.82, 2.24) is 9.88 Å². The molecule has 3 aliphatic heterocycles. The van der Waals surface area contributed by atoms with Gasteiger partial charge in [-0.3, -0.25) is 9.88 Å². The summed E-state index contributed by atoms with van der Waals surface area (Å²) in [4.78, 5) is 6.74. The molecule has 0 radical (unpaired) electrons. The van der Waals surface area contributed by atoms with Crippen LogP contribution in [-0.2, 0) is 0 Å². The summed E-state index contributed by atoms with van der Waals surface area (Å²) in [5.41, 5.74) is 2.04. The minimum atomic E-state index is -0.816. The van der Waals surface area contributed by atoms with Crippen LogP contribution in [-0.4, -0.2) is 29.1 Å². The first kappa shape index (κ1) is 19.2. The van der Waals surface area contributed by atoms with Crippen LogP contribution in [0.3, 0.4) is 0 Å². The molecule has 2 nitrogen and oxygen atoms in total. The molecule has 130 valence electrons. The fraction of sp³-hybridized carbons (Fsp3) is 0.421. The number of para-hydroxylation sites is 1. The first-order valence-electron chi connectivity index (χ1n) is 8.12. The Morgan fingerprint density at radius 2 is 2.00 bits per heavy atom. The first-order chi connectivity index (χ1) is 10.8. The van der Waals surface area contributed by atoms with Gasteiger partial charge in [-0.05, 0) is 48.9 Å². The molecule has 1 aromatic heterocycles. The molecule has 1 aromatic carbocycles. The summed E-state index contributed by atoms with van der Waals surface area (Å²) in [6.45, 7) is 5.87. The Morgan fingerprint density at radius 1 is 1.21 bits per heavy atom. The maximum Gasteiger partial charge on any atom is 0.120 e. The first-order valence-corrected chi connectivity index (χ1v) is 8.12. The molecule has 2 aromatic rings. The van der Waals surface area contributed by atoms with E-state index in [1.54, 1.807) is 0 Å². The number of alkyl halides is 1. The number of piperidine rings is 1. The standard InChI is InChI=1S/C19H21FN2.2ClH/c1-2-13-12-22-10-8-14(13)11-17(20)19(22)16-7-9-21-18-6-4-3-5-15(16)18;;/h2-7,9,13-14,17,19H,1,8,10-12H2;2*1H/t13-,14-,17+,19-;;/m0../s1. The number of hydrogen-bond donors (Lipinski definition) is 0. The summed E-state index contributed by atoms with van der Waals surface area (Å²) in [5, 5.41) is 1.08. The lowest BCUT2D eigenvalue weighted by Crippen LogP contribution is -2.39. The van der Waals surface area contributed by atoms with Crippen molar-refractivity contribution < 1.29 is 4.39 Å². The molecule has 24 heavy (non-hydrogen) atoms. The van der Waals surface area contributed by atoms with Crippen molar-refractivity contribution in [2.45, 2.75) is 25.1 Å². The van der Waals surface area contributed by atoms with Gasteiger partial charge in [-0.1, -0.05) is 24.3 Å². The highest BCUT2D eigenvalue weighted by Crippen LogP contribution is 2.43. The Bertz CT molecular complexity index is 703. The lowest BCUT2D eigenvalue weighted by atomic mass is 9.84. The van der Waals surface area contributed by atoms with E-state index in [1.807, 2.05) is 36.5 Å². The van der Waals surface area contributed by atoms with Gasteiger partial charge in [-0.25, -0.2) is 4.39 Å². The number of pyridine rings is 1. The lowest BCUT2D eigenvalue weighted by Gasteiger charge is -2.36. The van der Waals surface area contributed by atoms with Gasteiger partial charge in [0.2, 0.25) is 0 Å². The SMILES string of the molecule is C=C[C@H]1CN2CC[C@H]1C[C@@H](F)[C@@H]2c1ccnc2ccccc12.Cl.Cl. The average Bonchev–Trinajstić information content (AvgIpc) is 2.79. The van der Waals surface area contributed by atoms with Crippen molar-refractivity contribution in [1.29, 1.82) is 0 Å². The summed E-state index contributed by atoms with van der Waals surface area (Å²) >= 11 is 0. The third-order valence-corrected chi connectivity index (χ3v) is 5.41. The van der Waals surface area contributed by atoms with Crippen molar-refractivity contribution >= 4 is 35.7 Å². The van der Waals surface area contributed by atoms with Gasteiger partial charge in [0.25, 0.3) is 0 Å². The van der Waals surface area contributed by atoms with Crippen LogP contribution < -0.4 is 0 Å². The molecular weight excluding hydrogens is 346 g/mol. The Balaban J connectivity index is 0.00000104. The molecule has 5 heteroatoms. The van der Waals surface area contributed by atoms with E-state index in [0.29, 0.717) is 18.3 Å². The number of rotatable bonds is 2. The van der Waals surface area contributed by atoms with E-state index in [9.17, 15) is 0 Å². The molecule has 3 saturated heterocycles. The molecule has 0 aliphatic carbocycles. The molecule has 0 N–H and O–H groups in total. The van der Waals surface area contributed by atoms with Gasteiger partial charge in [0.15, 0.2) is 0 Å². The molecule has 0 spiro atoms. The largest absolute Gasteiger partial charge is 0.293 e. The Labute approximate surface area is 155 Å². The molecule has 3 fully saturated rings. The number of benzene rings is 1. The van der Waals surface area contributed by atoms with Gasteiger partial charge in [0, 0.05) is 18.1 Å². The van der Waals surface area contributed by atoms with Gasteiger partial charge >= 0.3 is 0 Å². The Hall–Kier alpha value is -1.16. The van der Waals surface area contributed by atoms with Crippen LogP contribution in [0.4, 0.5) is 4.39 Å². The summed E-state index contributed by atoms with van der Waals surface area (Å²) < 4.78 is 15.1. The summed E-state index contributed by atoms with van der Waals surface area (Å²) in [7, 11) is 0. The second-order valence-electron chi connectivity index (χ2n) is 6.56. The molecule has 1 unspecified atom stereocenters. The second kappa shape index (κ2) is 7.81. The lowest BCUT2D eigenvalue weighted by molar-refractivity contribution is 0.113. The predicted octanol–water partition coefficient (Wildman–Crippen LogP) is 4.99. The topological polar surface area (TPSA) is 16.1 Å². The van der Waals surface area contributed by atoms with E-state index >= 15 is 4.39 Å². The highest BCUT2D eigenvalue weighted by molar-refractivity contribution is 5.85. The van der Waals surface area contributed by atoms with Crippen LogP contribution in [0.2, 0.25) is 0 Å². The monoisotopic (exact) mass is 368 g/mol. The van der Waals surface area contributed by atoms with Gasteiger partial charge < -0.3 is 0 Å². The smallest absolute Gasteiger partial charge is 0.120 e. The quantitative estimate of drug-likeness (QED) is 0.694. The van der Waals surface area contributed by atoms with E-state index in [-0.39, 0.29) is 30.9 Å². The fourth-order valence-electron chi connectivity index (χ4n) is 4.28. The highest BCUT2D eigenvalue weighted by Gasteiger charge is 2.42. The third kappa shape index (κ3) is 3.17. The van der Waals surface area contributed by atoms with Crippen molar-refractivity contribution in [2.24, 2.45) is 11.8 Å². The fourth-order valence-corrected chi connectivity index (χ4v) is 4.28. The van der Waals surface area contributed by atoms with Gasteiger partial charge in [-0.2, -0.15) is 0 Å². The summed E-state index contributed by atoms with van der Waals surface area (Å²) in [6.07, 6.45) is 4.75. The highest BCUT2D eigenvalue weighted by atomic mass is 35.5. The predicted molar refractivity (Wildman–Crippen MR) is 102 cm³/mol. The molecule has 2 bridgehead atoms. The molecular formula is C19H23Cl2FN2. The zero-order chi connectivity index (χ0) is 15.1. The van der Waals surface area contributed by atoms with E-state index in [2.05, 4.69) is 22.5 Å². The van der Waals surface area contributed by atoms with E-state index in [4.69, 9.17) is 0 Å². The zero-order valence-electron chi connectivity index (χ0n) is 13.5. The van der Waals surface area contributed by atoms with Crippen LogP contribution in [0.25, 0.3) is 10.9 Å². The Kier molecular flexibility index (Phi) is 6.24. The number of nitrogens with zero attached hydrogens (tertiary/aromatic N) is 2. The molecule has 4 heterocycles. The third-order valence-electron chi connectivity index (χ3n) is 5.41. The van der Waals surface area contributed by atoms with Gasteiger partial charge in [0.1, 0.15) is 6.17 Å². The normalized spacial score (nSPS) is 31.6. The van der Waals surface area contributed by atoms with Crippen molar-refractivity contribution in [3.63, 3.8) is 0 Å². The van der Waals surface area contributed by atoms with E-state index in [0.717, 1.165) is 36.0 Å². The molecule has 0 saturated carbocycles. The maximum atomic E-state index is 15.1. The number of hydrogen-bond acceptors (Lipinski definition) is 2. The minimum Gasteiger partial charge on any atom is -0.293 e. The van der Waals surface area contributed by atoms with Crippen molar-refractivity contribution in [3.8, 4) is 0 Å². The van der Waals surface area contributed by atoms with E-state index < -0.39 is 6.17 Å². The number of fused-ring (bicyclic) bond motifs is 5. The van der Waals surface area contributed by atoms with Gasteiger partial charge in [0.05, 0.1) is 11.6 Å². The average molecular weight is 369 g/mol. The number of halogens is 3.